The van der Waals surface area contributed by atoms with E-state index in [0.717, 1.165) is 55.6 Å². The molecule has 5 nitrogen and oxygen atoms in total. The molecule has 0 aliphatic heterocycles. The topological polar surface area (TPSA) is 70.2 Å². The molecule has 0 bridgehead atoms. The third kappa shape index (κ3) is 2.97. The molecule has 0 aliphatic rings. The van der Waals surface area contributed by atoms with Crippen molar-refractivity contribution in [1.29, 1.82) is 0 Å². The van der Waals surface area contributed by atoms with Crippen LogP contribution in [-0.2, 0) is 0 Å². The highest BCUT2D eigenvalue weighted by molar-refractivity contribution is 6.01. The van der Waals surface area contributed by atoms with Crippen LogP contribution in [0, 0.1) is 5.82 Å². The smallest absolute Gasteiger partial charge is 0.123 e. The largest absolute Gasteiger partial charge is 0.353 e. The maximum absolute atomic E-state index is 13.8. The summed E-state index contributed by atoms with van der Waals surface area (Å²) in [5.74, 6) is -0.251. The summed E-state index contributed by atoms with van der Waals surface area (Å²) in [7, 11) is 0. The lowest BCUT2D eigenvalue weighted by Gasteiger charge is -2.03. The molecule has 0 amide bonds. The van der Waals surface area contributed by atoms with Crippen LogP contribution in [-0.4, -0.2) is 25.1 Å². The Morgan fingerprint density at radius 1 is 0.774 bits per heavy atom. The summed E-state index contributed by atoms with van der Waals surface area (Å²) < 4.78 is 13.8. The lowest BCUT2D eigenvalue weighted by atomic mass is 10.0. The summed E-state index contributed by atoms with van der Waals surface area (Å²) in [4.78, 5) is 12.2. The molecule has 0 atom stereocenters. The SMILES string of the molecule is Fc1cccc(-c2cccc3[nH]c(-c4n[nH]c5cnc(-c6cccnc6)cc45)cc23)c1. The molecule has 6 rings (SSSR count). The highest BCUT2D eigenvalue weighted by Gasteiger charge is 2.15. The second-order valence-corrected chi connectivity index (χ2v) is 7.39. The van der Waals surface area contributed by atoms with Gasteiger partial charge in [0, 0.05) is 34.2 Å². The number of aromatic amines is 2. The minimum Gasteiger partial charge on any atom is -0.353 e. The molecule has 148 valence electrons. The minimum atomic E-state index is -0.251. The molecule has 0 fully saturated rings. The maximum Gasteiger partial charge on any atom is 0.123 e. The van der Waals surface area contributed by atoms with Crippen molar-refractivity contribution < 1.29 is 4.39 Å². The van der Waals surface area contributed by atoms with Crippen molar-refractivity contribution in [2.45, 2.75) is 0 Å². The predicted octanol–water partition coefficient (Wildman–Crippen LogP) is 5.97. The van der Waals surface area contributed by atoms with E-state index in [0.29, 0.717) is 0 Å². The van der Waals surface area contributed by atoms with Crippen LogP contribution in [0.2, 0.25) is 0 Å². The first-order chi connectivity index (χ1) is 15.3. The summed E-state index contributed by atoms with van der Waals surface area (Å²) in [6, 6.07) is 20.6. The van der Waals surface area contributed by atoms with Gasteiger partial charge in [-0.3, -0.25) is 15.1 Å². The summed E-state index contributed by atoms with van der Waals surface area (Å²) in [6.45, 7) is 0. The summed E-state index contributed by atoms with van der Waals surface area (Å²) in [5.41, 5.74) is 7.10. The zero-order chi connectivity index (χ0) is 20.8. The molecule has 4 heterocycles. The molecule has 2 N–H and O–H groups in total. The van der Waals surface area contributed by atoms with Crippen LogP contribution < -0.4 is 0 Å². The van der Waals surface area contributed by atoms with Crippen LogP contribution in [0.1, 0.15) is 0 Å². The van der Waals surface area contributed by atoms with Crippen LogP contribution in [0.4, 0.5) is 4.39 Å². The fourth-order valence-electron chi connectivity index (χ4n) is 3.98. The van der Waals surface area contributed by atoms with E-state index in [1.54, 1.807) is 30.7 Å². The monoisotopic (exact) mass is 405 g/mol. The van der Waals surface area contributed by atoms with E-state index in [-0.39, 0.29) is 5.82 Å². The molecule has 4 aromatic heterocycles. The summed E-state index contributed by atoms with van der Waals surface area (Å²) >= 11 is 0. The van der Waals surface area contributed by atoms with E-state index in [2.05, 4.69) is 31.2 Å². The standard InChI is InChI=1S/C25H16FN5/c26-17-6-1-4-15(10-17)18-7-2-8-21-19(18)11-23(29-21)25-20-12-22(16-5-3-9-27-13-16)28-14-24(20)30-31-25/h1-14,29H,(H,30,31). The highest BCUT2D eigenvalue weighted by Crippen LogP contribution is 2.34. The summed E-state index contributed by atoms with van der Waals surface area (Å²) in [6.07, 6.45) is 5.32. The van der Waals surface area contributed by atoms with Gasteiger partial charge in [-0.1, -0.05) is 24.3 Å². The van der Waals surface area contributed by atoms with Crippen molar-refractivity contribution in [3.05, 3.63) is 91.1 Å². The molecule has 0 spiro atoms. The molecule has 0 radical (unpaired) electrons. The Hall–Kier alpha value is -4.32. The fourth-order valence-corrected chi connectivity index (χ4v) is 3.98. The third-order valence-electron chi connectivity index (χ3n) is 5.46. The van der Waals surface area contributed by atoms with E-state index in [1.807, 2.05) is 42.5 Å². The molecule has 0 unspecified atom stereocenters. The number of pyridine rings is 2. The molecule has 6 heteroatoms. The van der Waals surface area contributed by atoms with Crippen molar-refractivity contribution >= 4 is 21.8 Å². The molecule has 31 heavy (non-hydrogen) atoms. The Bertz CT molecular complexity index is 1550. The van der Waals surface area contributed by atoms with Gasteiger partial charge in [-0.2, -0.15) is 5.10 Å². The summed E-state index contributed by atoms with van der Waals surface area (Å²) in [5, 5.41) is 9.59. The van der Waals surface area contributed by atoms with Crippen LogP contribution in [0.3, 0.4) is 0 Å². The molecule has 6 aromatic rings. The van der Waals surface area contributed by atoms with Gasteiger partial charge in [0.25, 0.3) is 0 Å². The van der Waals surface area contributed by atoms with E-state index < -0.39 is 0 Å². The van der Waals surface area contributed by atoms with Gasteiger partial charge in [0.2, 0.25) is 0 Å². The van der Waals surface area contributed by atoms with Gasteiger partial charge in [0.1, 0.15) is 11.5 Å². The molecular weight excluding hydrogens is 389 g/mol. The number of nitrogens with zero attached hydrogens (tertiary/aromatic N) is 3. The molecule has 0 saturated carbocycles. The van der Waals surface area contributed by atoms with Crippen LogP contribution >= 0.6 is 0 Å². The number of rotatable bonds is 3. The van der Waals surface area contributed by atoms with Crippen molar-refractivity contribution in [2.24, 2.45) is 0 Å². The highest BCUT2D eigenvalue weighted by atomic mass is 19.1. The van der Waals surface area contributed by atoms with Gasteiger partial charge in [0.05, 0.1) is 23.1 Å². The maximum atomic E-state index is 13.8. The van der Waals surface area contributed by atoms with Crippen molar-refractivity contribution in [1.82, 2.24) is 25.1 Å². The zero-order valence-corrected chi connectivity index (χ0v) is 16.3. The lowest BCUT2D eigenvalue weighted by Crippen LogP contribution is -1.85. The van der Waals surface area contributed by atoms with Crippen molar-refractivity contribution in [3.8, 4) is 33.8 Å². The van der Waals surface area contributed by atoms with Gasteiger partial charge < -0.3 is 4.98 Å². The predicted molar refractivity (Wildman–Crippen MR) is 120 cm³/mol. The van der Waals surface area contributed by atoms with Crippen LogP contribution in [0.25, 0.3) is 55.6 Å². The number of fused-ring (bicyclic) bond motifs is 2. The van der Waals surface area contributed by atoms with Crippen molar-refractivity contribution in [3.63, 3.8) is 0 Å². The average molecular weight is 405 g/mol. The number of aromatic nitrogens is 5. The number of hydrogen-bond donors (Lipinski definition) is 2. The van der Waals surface area contributed by atoms with E-state index in [4.69, 9.17) is 0 Å². The number of nitrogens with one attached hydrogen (secondary N) is 2. The van der Waals surface area contributed by atoms with Gasteiger partial charge in [-0.25, -0.2) is 4.39 Å². The molecular formula is C25H16FN5. The zero-order valence-electron chi connectivity index (χ0n) is 16.3. The first kappa shape index (κ1) is 17.5. The van der Waals surface area contributed by atoms with Crippen LogP contribution in [0.15, 0.2) is 85.3 Å². The van der Waals surface area contributed by atoms with Gasteiger partial charge in [0.15, 0.2) is 0 Å². The van der Waals surface area contributed by atoms with E-state index in [1.165, 1.54) is 6.07 Å². The van der Waals surface area contributed by atoms with Gasteiger partial charge in [-0.05, 0) is 53.6 Å². The second kappa shape index (κ2) is 6.88. The Balaban J connectivity index is 1.52. The first-order valence-corrected chi connectivity index (χ1v) is 9.89. The average Bonchev–Trinajstić information content (AvgIpc) is 3.43. The number of hydrogen-bond acceptors (Lipinski definition) is 3. The lowest BCUT2D eigenvalue weighted by molar-refractivity contribution is 0.628. The number of benzene rings is 2. The normalized spacial score (nSPS) is 11.4. The Morgan fingerprint density at radius 2 is 1.68 bits per heavy atom. The molecule has 2 aromatic carbocycles. The van der Waals surface area contributed by atoms with Crippen LogP contribution in [0.5, 0.6) is 0 Å². The van der Waals surface area contributed by atoms with E-state index >= 15 is 0 Å². The third-order valence-corrected chi connectivity index (χ3v) is 5.46. The second-order valence-electron chi connectivity index (χ2n) is 7.39. The van der Waals surface area contributed by atoms with Gasteiger partial charge in [-0.15, -0.1) is 0 Å². The number of halogens is 1. The molecule has 0 aliphatic carbocycles. The minimum absolute atomic E-state index is 0.251. The van der Waals surface area contributed by atoms with E-state index in [9.17, 15) is 4.39 Å². The fraction of sp³-hybridized carbons (Fsp3) is 0. The quantitative estimate of drug-likeness (QED) is 0.381. The molecule has 0 saturated heterocycles. The Labute approximate surface area is 176 Å². The first-order valence-electron chi connectivity index (χ1n) is 9.89. The van der Waals surface area contributed by atoms with Gasteiger partial charge >= 0.3 is 0 Å². The van der Waals surface area contributed by atoms with Crippen molar-refractivity contribution in [2.75, 3.05) is 0 Å². The number of H-pyrrole nitrogens is 2. The Kier molecular flexibility index (Phi) is 3.89. The Morgan fingerprint density at radius 3 is 2.55 bits per heavy atom.